The molecule has 0 atom stereocenters. The molecule has 0 amide bonds. The van der Waals surface area contributed by atoms with Crippen molar-refractivity contribution in [3.8, 4) is 0 Å². The molecule has 0 saturated carbocycles. The lowest BCUT2D eigenvalue weighted by molar-refractivity contribution is 0.135. The van der Waals surface area contributed by atoms with Crippen molar-refractivity contribution in [3.63, 3.8) is 0 Å². The van der Waals surface area contributed by atoms with Crippen LogP contribution < -0.4 is 0 Å². The maximum Gasteiger partial charge on any atom is 0.148 e. The van der Waals surface area contributed by atoms with E-state index in [1.807, 2.05) is 0 Å². The van der Waals surface area contributed by atoms with Crippen LogP contribution in [0.2, 0.25) is 0 Å². The Morgan fingerprint density at radius 1 is 1.25 bits per heavy atom. The summed E-state index contributed by atoms with van der Waals surface area (Å²) in [7, 11) is 0. The summed E-state index contributed by atoms with van der Waals surface area (Å²) in [6.07, 6.45) is 1.84. The summed E-state index contributed by atoms with van der Waals surface area (Å²) in [5.41, 5.74) is 0. The largest absolute Gasteiger partial charge is 0.381 e. The van der Waals surface area contributed by atoms with Crippen molar-refractivity contribution in [1.82, 2.24) is 14.8 Å². The molecule has 1 aromatic rings. The highest BCUT2D eigenvalue weighted by molar-refractivity contribution is 6.16. The van der Waals surface area contributed by atoms with E-state index in [0.717, 1.165) is 31.1 Å². The highest BCUT2D eigenvalue weighted by Crippen LogP contribution is 2.13. The molecule has 0 fully saturated rings. The standard InChI is InChI=1S/C11H20ClN3O/c1-4-6-16-7-5-10-13-14-11(8-12)15(10)9(2)3/h9H,4-8H2,1-3H3. The van der Waals surface area contributed by atoms with Gasteiger partial charge in [-0.25, -0.2) is 0 Å². The molecule has 0 aliphatic rings. The molecule has 0 bridgehead atoms. The molecule has 0 radical (unpaired) electrons. The first-order chi connectivity index (χ1) is 7.70. The Bertz CT molecular complexity index is 312. The minimum absolute atomic E-state index is 0.338. The van der Waals surface area contributed by atoms with Gasteiger partial charge in [0.05, 0.1) is 12.5 Å². The average molecular weight is 246 g/mol. The van der Waals surface area contributed by atoms with Crippen molar-refractivity contribution in [2.45, 2.75) is 45.5 Å². The predicted molar refractivity (Wildman–Crippen MR) is 64.8 cm³/mol. The molecule has 0 aliphatic carbocycles. The van der Waals surface area contributed by atoms with Gasteiger partial charge in [-0.15, -0.1) is 21.8 Å². The van der Waals surface area contributed by atoms with Crippen LogP contribution in [0.25, 0.3) is 0 Å². The van der Waals surface area contributed by atoms with Crippen LogP contribution in [0.4, 0.5) is 0 Å². The van der Waals surface area contributed by atoms with Crippen molar-refractivity contribution in [3.05, 3.63) is 11.6 Å². The van der Waals surface area contributed by atoms with E-state index in [1.165, 1.54) is 0 Å². The summed E-state index contributed by atoms with van der Waals surface area (Å²) in [4.78, 5) is 0. The van der Waals surface area contributed by atoms with Crippen LogP contribution in [0, 0.1) is 0 Å². The van der Waals surface area contributed by atoms with Crippen molar-refractivity contribution in [1.29, 1.82) is 0 Å². The fourth-order valence-corrected chi connectivity index (χ4v) is 1.81. The zero-order chi connectivity index (χ0) is 12.0. The number of ether oxygens (including phenoxy) is 1. The van der Waals surface area contributed by atoms with Crippen molar-refractivity contribution in [2.24, 2.45) is 0 Å². The van der Waals surface area contributed by atoms with E-state index >= 15 is 0 Å². The fraction of sp³-hybridized carbons (Fsp3) is 0.818. The third-order valence-corrected chi connectivity index (χ3v) is 2.53. The molecule has 0 saturated heterocycles. The summed E-state index contributed by atoms with van der Waals surface area (Å²) in [5, 5.41) is 8.23. The zero-order valence-corrected chi connectivity index (χ0v) is 11.0. The van der Waals surface area contributed by atoms with Gasteiger partial charge in [0.25, 0.3) is 0 Å². The third-order valence-electron chi connectivity index (χ3n) is 2.29. The zero-order valence-electron chi connectivity index (χ0n) is 10.2. The first-order valence-electron chi connectivity index (χ1n) is 5.77. The molecule has 0 aliphatic heterocycles. The topological polar surface area (TPSA) is 39.9 Å². The minimum atomic E-state index is 0.338. The SMILES string of the molecule is CCCOCCc1nnc(CCl)n1C(C)C. The van der Waals surface area contributed by atoms with Gasteiger partial charge in [0, 0.05) is 19.1 Å². The lowest BCUT2D eigenvalue weighted by Crippen LogP contribution is -2.11. The summed E-state index contributed by atoms with van der Waals surface area (Å²) in [5.74, 6) is 2.20. The Labute approximate surface area is 102 Å². The van der Waals surface area contributed by atoms with Crippen LogP contribution in [-0.2, 0) is 17.0 Å². The van der Waals surface area contributed by atoms with Gasteiger partial charge in [0.1, 0.15) is 11.6 Å². The molecule has 0 aromatic carbocycles. The molecule has 1 rings (SSSR count). The molecule has 0 N–H and O–H groups in total. The molecule has 1 heterocycles. The van der Waals surface area contributed by atoms with Crippen molar-refractivity contribution >= 4 is 11.6 Å². The van der Waals surface area contributed by atoms with Crippen LogP contribution >= 0.6 is 11.6 Å². The molecule has 5 heteroatoms. The second-order valence-corrected chi connectivity index (χ2v) is 4.26. The van der Waals surface area contributed by atoms with Gasteiger partial charge >= 0.3 is 0 Å². The number of hydrogen-bond acceptors (Lipinski definition) is 3. The lowest BCUT2D eigenvalue weighted by atomic mass is 10.3. The Morgan fingerprint density at radius 2 is 1.94 bits per heavy atom. The Morgan fingerprint density at radius 3 is 2.50 bits per heavy atom. The number of hydrogen-bond donors (Lipinski definition) is 0. The Kier molecular flexibility index (Phi) is 5.77. The van der Waals surface area contributed by atoms with Crippen molar-refractivity contribution in [2.75, 3.05) is 13.2 Å². The normalized spacial score (nSPS) is 11.3. The maximum atomic E-state index is 5.82. The summed E-state index contributed by atoms with van der Waals surface area (Å²) >= 11 is 5.82. The number of aromatic nitrogens is 3. The minimum Gasteiger partial charge on any atom is -0.381 e. The number of alkyl halides is 1. The predicted octanol–water partition coefficient (Wildman–Crippen LogP) is 2.57. The van der Waals surface area contributed by atoms with E-state index in [0.29, 0.717) is 18.5 Å². The Balaban J connectivity index is 2.61. The second-order valence-electron chi connectivity index (χ2n) is 3.99. The van der Waals surface area contributed by atoms with E-state index in [1.54, 1.807) is 0 Å². The maximum absolute atomic E-state index is 5.82. The molecule has 4 nitrogen and oxygen atoms in total. The van der Waals surface area contributed by atoms with Gasteiger partial charge in [0.15, 0.2) is 0 Å². The fourth-order valence-electron chi connectivity index (χ4n) is 1.63. The van der Waals surface area contributed by atoms with Gasteiger partial charge in [0.2, 0.25) is 0 Å². The lowest BCUT2D eigenvalue weighted by Gasteiger charge is -2.12. The van der Waals surface area contributed by atoms with Gasteiger partial charge in [-0.2, -0.15) is 0 Å². The summed E-state index contributed by atoms with van der Waals surface area (Å²) in [6.45, 7) is 7.81. The molecule has 1 aromatic heterocycles. The monoisotopic (exact) mass is 245 g/mol. The molecule has 92 valence electrons. The first-order valence-corrected chi connectivity index (χ1v) is 6.30. The van der Waals surface area contributed by atoms with Crippen molar-refractivity contribution < 1.29 is 4.74 Å². The van der Waals surface area contributed by atoms with E-state index in [9.17, 15) is 0 Å². The number of rotatable bonds is 7. The molecule has 16 heavy (non-hydrogen) atoms. The number of halogens is 1. The second kappa shape index (κ2) is 6.86. The van der Waals surface area contributed by atoms with Crippen LogP contribution in [0.1, 0.15) is 44.9 Å². The van der Waals surface area contributed by atoms with Gasteiger partial charge in [-0.3, -0.25) is 0 Å². The first kappa shape index (κ1) is 13.5. The van der Waals surface area contributed by atoms with E-state index in [-0.39, 0.29) is 0 Å². The van der Waals surface area contributed by atoms with Crippen LogP contribution in [0.3, 0.4) is 0 Å². The highest BCUT2D eigenvalue weighted by Gasteiger charge is 2.13. The van der Waals surface area contributed by atoms with E-state index in [2.05, 4.69) is 35.5 Å². The molecular weight excluding hydrogens is 226 g/mol. The molecule has 0 unspecified atom stereocenters. The molecular formula is C11H20ClN3O. The van der Waals surface area contributed by atoms with Gasteiger partial charge in [-0.1, -0.05) is 6.92 Å². The van der Waals surface area contributed by atoms with Crippen LogP contribution in [0.15, 0.2) is 0 Å². The quantitative estimate of drug-likeness (QED) is 0.548. The summed E-state index contributed by atoms with van der Waals surface area (Å²) in [6, 6.07) is 0.338. The summed E-state index contributed by atoms with van der Waals surface area (Å²) < 4.78 is 7.54. The molecule has 0 spiro atoms. The average Bonchev–Trinajstić information content (AvgIpc) is 2.67. The van der Waals surface area contributed by atoms with Gasteiger partial charge < -0.3 is 9.30 Å². The van der Waals surface area contributed by atoms with Gasteiger partial charge in [-0.05, 0) is 20.3 Å². The third kappa shape index (κ3) is 3.46. The number of nitrogens with zero attached hydrogens (tertiary/aromatic N) is 3. The van der Waals surface area contributed by atoms with E-state index < -0.39 is 0 Å². The van der Waals surface area contributed by atoms with Crippen LogP contribution in [0.5, 0.6) is 0 Å². The Hall–Kier alpha value is -0.610. The smallest absolute Gasteiger partial charge is 0.148 e. The van der Waals surface area contributed by atoms with E-state index in [4.69, 9.17) is 16.3 Å². The highest BCUT2D eigenvalue weighted by atomic mass is 35.5. The van der Waals surface area contributed by atoms with Crippen LogP contribution in [-0.4, -0.2) is 28.0 Å².